The molecule has 1 heterocycles. The van der Waals surface area contributed by atoms with Gasteiger partial charge in [-0.25, -0.2) is 0 Å². The fourth-order valence-corrected chi connectivity index (χ4v) is 5.97. The van der Waals surface area contributed by atoms with Crippen molar-refractivity contribution in [1.29, 1.82) is 0 Å². The van der Waals surface area contributed by atoms with E-state index in [1.807, 2.05) is 30.3 Å². The largest absolute Gasteiger partial charge is 0.389 e. The van der Waals surface area contributed by atoms with Crippen molar-refractivity contribution < 1.29 is 18.0 Å². The number of carbonyl (C=O) groups is 1. The molecule has 1 unspecified atom stereocenters. The molecule has 4 rings (SSSR count). The van der Waals surface area contributed by atoms with Crippen molar-refractivity contribution in [3.05, 3.63) is 35.9 Å². The van der Waals surface area contributed by atoms with Crippen molar-refractivity contribution >= 4 is 11.6 Å². The van der Waals surface area contributed by atoms with Gasteiger partial charge in [-0.1, -0.05) is 51.1 Å². The molecule has 3 aliphatic rings. The number of hydrogen-bond donors (Lipinski definition) is 1. The third-order valence-corrected chi connectivity index (χ3v) is 8.39. The van der Waals surface area contributed by atoms with Crippen LogP contribution < -0.4 is 5.32 Å². The first-order valence-corrected chi connectivity index (χ1v) is 11.3. The number of nitrogens with zero attached hydrogens (tertiary/aromatic N) is 2. The molecule has 1 amide bonds. The first-order chi connectivity index (χ1) is 14.5. The van der Waals surface area contributed by atoms with Crippen LogP contribution >= 0.6 is 0 Å². The highest BCUT2D eigenvalue weighted by Gasteiger charge is 2.61. The molecule has 2 bridgehead atoms. The summed E-state index contributed by atoms with van der Waals surface area (Å²) in [5.74, 6) is 0.443. The lowest BCUT2D eigenvalue weighted by molar-refractivity contribution is -0.136. The summed E-state index contributed by atoms with van der Waals surface area (Å²) in [6.07, 6.45) is -1.35. The zero-order valence-electron chi connectivity index (χ0n) is 18.5. The average Bonchev–Trinajstić information content (AvgIpc) is 3.27. The third-order valence-electron chi connectivity index (χ3n) is 8.39. The summed E-state index contributed by atoms with van der Waals surface area (Å²) in [6.45, 7) is 7.05. The van der Waals surface area contributed by atoms with Crippen LogP contribution in [0.25, 0.3) is 0 Å². The number of benzene rings is 1. The van der Waals surface area contributed by atoms with E-state index in [9.17, 15) is 18.0 Å². The Balaban J connectivity index is 1.47. The van der Waals surface area contributed by atoms with Gasteiger partial charge in [-0.05, 0) is 48.0 Å². The number of halogens is 3. The lowest BCUT2D eigenvalue weighted by atomic mass is 9.69. The second-order valence-corrected chi connectivity index (χ2v) is 10.2. The van der Waals surface area contributed by atoms with E-state index >= 15 is 0 Å². The molecule has 2 aliphatic carbocycles. The fourth-order valence-electron chi connectivity index (χ4n) is 5.97. The molecule has 1 aromatic carbocycles. The first-order valence-electron chi connectivity index (χ1n) is 11.3. The number of nitrogens with one attached hydrogen (secondary N) is 1. The van der Waals surface area contributed by atoms with Crippen LogP contribution in [0.5, 0.6) is 0 Å². The van der Waals surface area contributed by atoms with Crippen molar-refractivity contribution in [2.75, 3.05) is 6.54 Å². The van der Waals surface area contributed by atoms with E-state index in [0.717, 1.165) is 18.4 Å². The Morgan fingerprint density at radius 1 is 1.23 bits per heavy atom. The quantitative estimate of drug-likeness (QED) is 0.645. The lowest BCUT2D eigenvalue weighted by Gasteiger charge is -2.39. The Kier molecular flexibility index (Phi) is 5.59. The van der Waals surface area contributed by atoms with Crippen LogP contribution in [0, 0.1) is 16.7 Å². The van der Waals surface area contributed by atoms with Crippen LogP contribution in [-0.4, -0.2) is 35.4 Å². The highest BCUT2D eigenvalue weighted by Crippen LogP contribution is 2.65. The fraction of sp³-hybridized carbons (Fsp3) is 0.667. The third kappa shape index (κ3) is 4.08. The van der Waals surface area contributed by atoms with Crippen LogP contribution in [0.15, 0.2) is 35.4 Å². The number of hydrazone groups is 1. The predicted molar refractivity (Wildman–Crippen MR) is 114 cm³/mol. The van der Waals surface area contributed by atoms with Gasteiger partial charge in [0.25, 0.3) is 5.91 Å². The molecule has 170 valence electrons. The molecule has 1 N–H and O–H groups in total. The van der Waals surface area contributed by atoms with Gasteiger partial charge >= 0.3 is 6.18 Å². The minimum absolute atomic E-state index is 0.0399. The molecule has 4 atom stereocenters. The lowest BCUT2D eigenvalue weighted by Crippen LogP contribution is -2.48. The number of alkyl halides is 3. The van der Waals surface area contributed by atoms with Crippen LogP contribution in [0.4, 0.5) is 13.2 Å². The number of amides is 1. The minimum atomic E-state index is -4.18. The van der Waals surface area contributed by atoms with Gasteiger partial charge in [0.1, 0.15) is 5.71 Å². The molecule has 7 heteroatoms. The van der Waals surface area contributed by atoms with Gasteiger partial charge in [0.2, 0.25) is 0 Å². The standard InChI is InChI=1S/C24H32F3N3O/c1-22(2)17-10-12-23(22,3)20(14-17)28-21(31)18-15-19(16-8-5-4-6-9-16)30(29-18)13-7-11-24(25,26)27/h4-6,8-9,17,19-20H,7,10-15H2,1-3H3,(H,28,31)/t17-,19?,20-,23-/m0/s1. The van der Waals surface area contributed by atoms with E-state index in [4.69, 9.17) is 0 Å². The van der Waals surface area contributed by atoms with E-state index in [-0.39, 0.29) is 41.8 Å². The summed E-state index contributed by atoms with van der Waals surface area (Å²) in [6, 6.07) is 9.50. The zero-order chi connectivity index (χ0) is 22.4. The summed E-state index contributed by atoms with van der Waals surface area (Å²) in [7, 11) is 0. The van der Waals surface area contributed by atoms with Gasteiger partial charge in [0.15, 0.2) is 0 Å². The molecule has 2 saturated carbocycles. The van der Waals surface area contributed by atoms with Gasteiger partial charge in [-0.3, -0.25) is 9.80 Å². The van der Waals surface area contributed by atoms with Gasteiger partial charge in [-0.15, -0.1) is 0 Å². The van der Waals surface area contributed by atoms with Gasteiger partial charge in [0, 0.05) is 25.4 Å². The van der Waals surface area contributed by atoms with Crippen molar-refractivity contribution in [1.82, 2.24) is 10.3 Å². The van der Waals surface area contributed by atoms with Crippen LogP contribution in [0.2, 0.25) is 0 Å². The van der Waals surface area contributed by atoms with Crippen molar-refractivity contribution in [3.63, 3.8) is 0 Å². The van der Waals surface area contributed by atoms with E-state index in [2.05, 4.69) is 31.2 Å². The maximum Gasteiger partial charge on any atom is 0.389 e. The molecule has 1 aromatic rings. The van der Waals surface area contributed by atoms with Crippen molar-refractivity contribution in [2.24, 2.45) is 21.8 Å². The smallest absolute Gasteiger partial charge is 0.348 e. The van der Waals surface area contributed by atoms with Gasteiger partial charge < -0.3 is 5.32 Å². The molecule has 4 nitrogen and oxygen atoms in total. The number of carbonyl (C=O) groups excluding carboxylic acids is 1. The minimum Gasteiger partial charge on any atom is -0.348 e. The average molecular weight is 436 g/mol. The SMILES string of the molecule is CC1(C)[C@H]2CC[C@@]1(C)[C@@H](NC(=O)C1=NN(CCCC(F)(F)F)C(c3ccccc3)C1)C2. The molecular weight excluding hydrogens is 403 g/mol. The Morgan fingerprint density at radius 2 is 1.94 bits per heavy atom. The molecule has 0 radical (unpaired) electrons. The Hall–Kier alpha value is -2.05. The van der Waals surface area contributed by atoms with E-state index in [1.54, 1.807) is 5.01 Å². The Bertz CT molecular complexity index is 851. The van der Waals surface area contributed by atoms with Crippen LogP contribution in [0.1, 0.15) is 70.9 Å². The second kappa shape index (κ2) is 7.82. The Morgan fingerprint density at radius 3 is 2.52 bits per heavy atom. The molecule has 0 spiro atoms. The van der Waals surface area contributed by atoms with Gasteiger partial charge in [0.05, 0.1) is 6.04 Å². The van der Waals surface area contributed by atoms with Crippen LogP contribution in [0.3, 0.4) is 0 Å². The molecule has 0 aromatic heterocycles. The van der Waals surface area contributed by atoms with Gasteiger partial charge in [-0.2, -0.15) is 18.3 Å². The summed E-state index contributed by atoms with van der Waals surface area (Å²) < 4.78 is 37.9. The monoisotopic (exact) mass is 435 g/mol. The van der Waals surface area contributed by atoms with Crippen molar-refractivity contribution in [3.8, 4) is 0 Å². The maximum absolute atomic E-state index is 13.1. The number of hydrogen-bond acceptors (Lipinski definition) is 3. The molecule has 31 heavy (non-hydrogen) atoms. The molecule has 2 fully saturated rings. The Labute approximate surface area is 182 Å². The van der Waals surface area contributed by atoms with E-state index in [0.29, 0.717) is 18.1 Å². The first kappa shape index (κ1) is 22.2. The molecular formula is C24H32F3N3O. The maximum atomic E-state index is 13.1. The summed E-state index contributed by atoms with van der Waals surface area (Å²) in [5, 5.41) is 9.41. The van der Waals surface area contributed by atoms with Crippen LogP contribution in [-0.2, 0) is 4.79 Å². The normalized spacial score (nSPS) is 31.7. The number of rotatable bonds is 6. The summed E-state index contributed by atoms with van der Waals surface area (Å²) >= 11 is 0. The van der Waals surface area contributed by atoms with Crippen molar-refractivity contribution in [2.45, 2.75) is 77.6 Å². The topological polar surface area (TPSA) is 44.7 Å². The highest BCUT2D eigenvalue weighted by atomic mass is 19.4. The summed E-state index contributed by atoms with van der Waals surface area (Å²) in [5.41, 5.74) is 1.65. The van der Waals surface area contributed by atoms with E-state index < -0.39 is 12.6 Å². The second-order valence-electron chi connectivity index (χ2n) is 10.2. The molecule has 0 saturated heterocycles. The predicted octanol–water partition coefficient (Wildman–Crippen LogP) is 5.46. The molecule has 1 aliphatic heterocycles. The summed E-state index contributed by atoms with van der Waals surface area (Å²) in [4.78, 5) is 13.1. The van der Waals surface area contributed by atoms with E-state index in [1.165, 1.54) is 6.42 Å². The highest BCUT2D eigenvalue weighted by molar-refractivity contribution is 6.39. The number of fused-ring (bicyclic) bond motifs is 2. The zero-order valence-corrected chi connectivity index (χ0v) is 18.5.